The highest BCUT2D eigenvalue weighted by molar-refractivity contribution is 5.98. The molecule has 34 heavy (non-hydrogen) atoms. The summed E-state index contributed by atoms with van der Waals surface area (Å²) in [7, 11) is 3.01. The summed E-state index contributed by atoms with van der Waals surface area (Å²) in [5.41, 5.74) is 0.394. The molecule has 1 heterocycles. The lowest BCUT2D eigenvalue weighted by Gasteiger charge is -2.40. The van der Waals surface area contributed by atoms with Gasteiger partial charge in [0.25, 0.3) is 0 Å². The van der Waals surface area contributed by atoms with Gasteiger partial charge in [-0.25, -0.2) is 0 Å². The zero-order valence-electron chi connectivity index (χ0n) is 19.7. The third kappa shape index (κ3) is 5.33. The number of benzene rings is 2. The maximum Gasteiger partial charge on any atom is 0.303 e. The van der Waals surface area contributed by atoms with Crippen molar-refractivity contribution < 1.29 is 47.9 Å². The number of hydrogen-bond donors (Lipinski definition) is 1. The molecule has 0 saturated carbocycles. The van der Waals surface area contributed by atoms with E-state index in [1.807, 2.05) is 0 Å². The Morgan fingerprint density at radius 2 is 1.59 bits per heavy atom. The molecule has 0 unspecified atom stereocenters. The molecule has 1 fully saturated rings. The molecule has 2 aromatic carbocycles. The first-order valence-electron chi connectivity index (χ1n) is 10.7. The Hall–Kier alpha value is -3.53. The molecule has 0 amide bonds. The van der Waals surface area contributed by atoms with E-state index < -0.39 is 42.3 Å². The van der Waals surface area contributed by atoms with Crippen molar-refractivity contribution in [2.45, 2.75) is 51.6 Å². The summed E-state index contributed by atoms with van der Waals surface area (Å²) in [4.78, 5) is 34.9. The topological polar surface area (TPSA) is 127 Å². The van der Waals surface area contributed by atoms with E-state index in [0.717, 1.165) is 0 Å². The van der Waals surface area contributed by atoms with Gasteiger partial charge in [0.2, 0.25) is 0 Å². The first-order valence-corrected chi connectivity index (χ1v) is 10.7. The minimum absolute atomic E-state index is 0.0828. The molecular formula is C24H28O10. The number of phenolic OH excluding ortho intramolecular Hbond substituents is 1. The van der Waals surface area contributed by atoms with Crippen LogP contribution in [-0.4, -0.2) is 62.2 Å². The Bertz CT molecular complexity index is 1080. The van der Waals surface area contributed by atoms with Crippen molar-refractivity contribution in [1.82, 2.24) is 0 Å². The van der Waals surface area contributed by atoms with Crippen LogP contribution < -0.4 is 9.47 Å². The molecule has 1 aliphatic heterocycles. The van der Waals surface area contributed by atoms with Gasteiger partial charge in [-0.05, 0) is 18.2 Å². The van der Waals surface area contributed by atoms with Gasteiger partial charge in [0.1, 0.15) is 36.1 Å². The Kier molecular flexibility index (Phi) is 7.83. The summed E-state index contributed by atoms with van der Waals surface area (Å²) in [6.45, 7) is 3.45. The quantitative estimate of drug-likeness (QED) is 0.471. The van der Waals surface area contributed by atoms with Crippen LogP contribution in [0.25, 0.3) is 10.8 Å². The third-order valence-electron chi connectivity index (χ3n) is 5.48. The summed E-state index contributed by atoms with van der Waals surface area (Å²) >= 11 is 0. The second kappa shape index (κ2) is 10.6. The predicted octanol–water partition coefficient (Wildman–Crippen LogP) is 2.82. The standard InChI is InChI=1S/C24H28O10/c1-12(25)31-11-21-24(33-14(3)27)20(32-13(2)26)10-19(34-21)16-7-6-15-17(29-4)8-9-18(30-5)22(15)23(16)28/h6-9,19-21,24,28H,10-11H2,1-5H3/t19-,20-,21-,24+/m1/s1. The van der Waals surface area contributed by atoms with E-state index in [0.29, 0.717) is 27.8 Å². The monoisotopic (exact) mass is 476 g/mol. The lowest BCUT2D eigenvalue weighted by molar-refractivity contribution is -0.216. The molecule has 0 aliphatic carbocycles. The second-order valence-corrected chi connectivity index (χ2v) is 7.82. The number of carbonyl (C=O) groups is 3. The van der Waals surface area contributed by atoms with Crippen LogP contribution in [0.4, 0.5) is 0 Å². The lowest BCUT2D eigenvalue weighted by Crippen LogP contribution is -2.51. The van der Waals surface area contributed by atoms with Gasteiger partial charge in [0, 0.05) is 38.1 Å². The van der Waals surface area contributed by atoms with E-state index >= 15 is 0 Å². The number of phenols is 1. The Morgan fingerprint density at radius 1 is 0.941 bits per heavy atom. The number of fused-ring (bicyclic) bond motifs is 1. The van der Waals surface area contributed by atoms with Crippen molar-refractivity contribution in [3.8, 4) is 17.2 Å². The highest BCUT2D eigenvalue weighted by atomic mass is 16.6. The van der Waals surface area contributed by atoms with Crippen molar-refractivity contribution in [1.29, 1.82) is 0 Å². The Labute approximate surface area is 196 Å². The second-order valence-electron chi connectivity index (χ2n) is 7.82. The molecular weight excluding hydrogens is 448 g/mol. The molecule has 0 aromatic heterocycles. The van der Waals surface area contributed by atoms with E-state index in [2.05, 4.69) is 0 Å². The van der Waals surface area contributed by atoms with Crippen LogP contribution in [0, 0.1) is 0 Å². The van der Waals surface area contributed by atoms with E-state index in [-0.39, 0.29) is 18.8 Å². The molecule has 1 N–H and O–H groups in total. The number of aromatic hydroxyl groups is 1. The summed E-state index contributed by atoms with van der Waals surface area (Å²) in [5.74, 6) is -0.872. The predicted molar refractivity (Wildman–Crippen MR) is 119 cm³/mol. The first-order chi connectivity index (χ1) is 16.2. The van der Waals surface area contributed by atoms with Gasteiger partial charge in [0.15, 0.2) is 6.10 Å². The van der Waals surface area contributed by atoms with Crippen LogP contribution in [0.1, 0.15) is 38.9 Å². The fraction of sp³-hybridized carbons (Fsp3) is 0.458. The molecule has 3 rings (SSSR count). The molecule has 1 aliphatic rings. The van der Waals surface area contributed by atoms with Gasteiger partial charge in [0.05, 0.1) is 25.7 Å². The summed E-state index contributed by atoms with van der Waals surface area (Å²) < 4.78 is 32.9. The maximum atomic E-state index is 11.8. The van der Waals surface area contributed by atoms with E-state index in [4.69, 9.17) is 28.4 Å². The number of carbonyl (C=O) groups excluding carboxylic acids is 3. The van der Waals surface area contributed by atoms with Crippen LogP contribution in [0.15, 0.2) is 24.3 Å². The fourth-order valence-electron chi connectivity index (χ4n) is 4.13. The van der Waals surface area contributed by atoms with E-state index in [1.54, 1.807) is 24.3 Å². The average molecular weight is 476 g/mol. The SMILES string of the molecule is COc1ccc(OC)c2c(O)c([C@H]3C[C@@H](OC(C)=O)[C@H](OC(C)=O)[C@@H](COC(C)=O)O3)ccc12. The summed E-state index contributed by atoms with van der Waals surface area (Å²) in [6, 6.07) is 6.83. The molecule has 184 valence electrons. The first kappa shape index (κ1) is 25.1. The van der Waals surface area contributed by atoms with Crippen LogP contribution in [0.5, 0.6) is 17.2 Å². The van der Waals surface area contributed by atoms with E-state index in [1.165, 1.54) is 35.0 Å². The Morgan fingerprint density at radius 3 is 2.18 bits per heavy atom. The molecule has 0 spiro atoms. The highest BCUT2D eigenvalue weighted by Crippen LogP contribution is 2.45. The van der Waals surface area contributed by atoms with Gasteiger partial charge in [-0.2, -0.15) is 0 Å². The number of esters is 3. The third-order valence-corrected chi connectivity index (χ3v) is 5.48. The van der Waals surface area contributed by atoms with Gasteiger partial charge in [-0.15, -0.1) is 0 Å². The molecule has 10 nitrogen and oxygen atoms in total. The van der Waals surface area contributed by atoms with Gasteiger partial charge >= 0.3 is 17.9 Å². The molecule has 4 atom stereocenters. The average Bonchev–Trinajstić information content (AvgIpc) is 2.78. The fourth-order valence-corrected chi connectivity index (χ4v) is 4.13. The smallest absolute Gasteiger partial charge is 0.303 e. The molecule has 0 radical (unpaired) electrons. The zero-order valence-corrected chi connectivity index (χ0v) is 19.7. The van der Waals surface area contributed by atoms with Crippen LogP contribution >= 0.6 is 0 Å². The van der Waals surface area contributed by atoms with Gasteiger partial charge < -0.3 is 33.5 Å². The summed E-state index contributed by atoms with van der Waals surface area (Å²) in [6.07, 6.45) is -3.55. The molecule has 2 aromatic rings. The molecule has 1 saturated heterocycles. The highest BCUT2D eigenvalue weighted by Gasteiger charge is 2.44. The van der Waals surface area contributed by atoms with E-state index in [9.17, 15) is 19.5 Å². The minimum atomic E-state index is -1.01. The largest absolute Gasteiger partial charge is 0.507 e. The lowest BCUT2D eigenvalue weighted by atomic mass is 9.91. The van der Waals surface area contributed by atoms with Crippen LogP contribution in [-0.2, 0) is 33.3 Å². The number of ether oxygens (including phenoxy) is 6. The van der Waals surface area contributed by atoms with Crippen molar-refractivity contribution >= 4 is 28.7 Å². The maximum absolute atomic E-state index is 11.8. The Balaban J connectivity index is 2.07. The minimum Gasteiger partial charge on any atom is -0.507 e. The van der Waals surface area contributed by atoms with Crippen molar-refractivity contribution in [3.63, 3.8) is 0 Å². The van der Waals surface area contributed by atoms with Crippen molar-refractivity contribution in [2.75, 3.05) is 20.8 Å². The van der Waals surface area contributed by atoms with Crippen LogP contribution in [0.3, 0.4) is 0 Å². The number of methoxy groups -OCH3 is 2. The number of hydrogen-bond acceptors (Lipinski definition) is 10. The molecule has 0 bridgehead atoms. The number of rotatable bonds is 7. The normalized spacial score (nSPS) is 22.0. The van der Waals surface area contributed by atoms with Crippen LogP contribution in [0.2, 0.25) is 0 Å². The van der Waals surface area contributed by atoms with Gasteiger partial charge in [-0.3, -0.25) is 14.4 Å². The van der Waals surface area contributed by atoms with Gasteiger partial charge in [-0.1, -0.05) is 6.07 Å². The molecule has 10 heteroatoms. The van der Waals surface area contributed by atoms with Crippen molar-refractivity contribution in [2.24, 2.45) is 0 Å². The summed E-state index contributed by atoms with van der Waals surface area (Å²) in [5, 5.41) is 12.3. The zero-order chi connectivity index (χ0) is 25.0. The van der Waals surface area contributed by atoms with Crippen molar-refractivity contribution in [3.05, 3.63) is 29.8 Å².